The summed E-state index contributed by atoms with van der Waals surface area (Å²) in [6.45, 7) is 0. The van der Waals surface area contributed by atoms with Gasteiger partial charge in [0.1, 0.15) is 0 Å². The minimum Gasteiger partial charge on any atom is -0.309 e. The molecule has 4 nitrogen and oxygen atoms in total. The highest BCUT2D eigenvalue weighted by Crippen LogP contribution is 2.49. The summed E-state index contributed by atoms with van der Waals surface area (Å²) < 4.78 is 9.90. The SMILES string of the molecule is c1ccc(-n2c3ccccc3c3cc(-c4ccc5c6cc7c(cc6n6c8ccccc8c4c56)c4ccc(-c5ccc6c(c5)c5ccccc5n6-c5ccccc5)c5c6ccccc6n7c45)ccc32)cc1. The van der Waals surface area contributed by atoms with Crippen LogP contribution >= 0.6 is 0 Å². The normalized spacial score (nSPS) is 12.6. The predicted molar refractivity (Wildman–Crippen MR) is 295 cm³/mol. The molecule has 0 fully saturated rings. The summed E-state index contributed by atoms with van der Waals surface area (Å²) in [7, 11) is 0. The number of hydrogen-bond acceptors (Lipinski definition) is 0. The second-order valence-electron chi connectivity index (χ2n) is 19.2. The maximum absolute atomic E-state index is 2.55. The van der Waals surface area contributed by atoms with Gasteiger partial charge >= 0.3 is 0 Å². The lowest BCUT2D eigenvalue weighted by molar-refractivity contribution is 1.18. The number of hydrogen-bond donors (Lipinski definition) is 0. The van der Waals surface area contributed by atoms with E-state index in [1.165, 1.54) is 153 Å². The maximum atomic E-state index is 2.55. The van der Waals surface area contributed by atoms with E-state index in [0.29, 0.717) is 0 Å². The van der Waals surface area contributed by atoms with Crippen LogP contribution in [0.15, 0.2) is 231 Å². The second kappa shape index (κ2) is 13.2. The Morgan fingerprint density at radius 1 is 0.214 bits per heavy atom. The molecule has 0 N–H and O–H groups in total. The third kappa shape index (κ3) is 4.56. The maximum Gasteiger partial charge on any atom is 0.0626 e. The molecular weight excluding hydrogens is 849 g/mol. The average Bonchev–Trinajstić information content (AvgIpc) is 4.26. The number of aromatic nitrogens is 4. The molecule has 0 aliphatic carbocycles. The van der Waals surface area contributed by atoms with Gasteiger partial charge in [-0.2, -0.15) is 0 Å². The molecule has 0 aliphatic rings. The van der Waals surface area contributed by atoms with Gasteiger partial charge in [-0.05, 0) is 107 Å². The Kier molecular flexibility index (Phi) is 6.92. The van der Waals surface area contributed by atoms with E-state index < -0.39 is 0 Å². The summed E-state index contributed by atoms with van der Waals surface area (Å²) in [6, 6.07) is 85.8. The molecular formula is C66H38N4. The van der Waals surface area contributed by atoms with Crippen LogP contribution in [0.5, 0.6) is 0 Å². The molecule has 4 heteroatoms. The fourth-order valence-corrected chi connectivity index (χ4v) is 13.0. The van der Waals surface area contributed by atoms with Gasteiger partial charge in [-0.15, -0.1) is 0 Å². The highest BCUT2D eigenvalue weighted by atomic mass is 15.0. The van der Waals surface area contributed by atoms with E-state index in [1.807, 2.05) is 0 Å². The molecule has 17 aromatic rings. The van der Waals surface area contributed by atoms with E-state index in [-0.39, 0.29) is 0 Å². The van der Waals surface area contributed by atoms with E-state index in [0.717, 1.165) is 0 Å². The Labute approximate surface area is 400 Å². The molecule has 0 unspecified atom stereocenters. The van der Waals surface area contributed by atoms with E-state index in [2.05, 4.69) is 248 Å². The predicted octanol–water partition coefficient (Wildman–Crippen LogP) is 17.5. The van der Waals surface area contributed by atoms with Crippen LogP contribution < -0.4 is 0 Å². The van der Waals surface area contributed by atoms with Gasteiger partial charge < -0.3 is 17.9 Å². The van der Waals surface area contributed by atoms with Crippen molar-refractivity contribution in [3.8, 4) is 33.6 Å². The minimum absolute atomic E-state index is 1.17. The fraction of sp³-hybridized carbons (Fsp3) is 0. The first-order chi connectivity index (χ1) is 34.8. The quantitative estimate of drug-likeness (QED) is 0.168. The molecule has 0 radical (unpaired) electrons. The highest BCUT2D eigenvalue weighted by Gasteiger charge is 2.26. The summed E-state index contributed by atoms with van der Waals surface area (Å²) in [5.41, 5.74) is 19.7. The number of fused-ring (bicyclic) bond motifs is 18. The molecule has 0 spiro atoms. The van der Waals surface area contributed by atoms with Crippen LogP contribution in [0.1, 0.15) is 0 Å². The van der Waals surface area contributed by atoms with Gasteiger partial charge in [-0.1, -0.05) is 146 Å². The molecule has 0 bridgehead atoms. The number of nitrogens with zero attached hydrogens (tertiary/aromatic N) is 4. The Morgan fingerprint density at radius 2 is 0.571 bits per heavy atom. The molecule has 70 heavy (non-hydrogen) atoms. The van der Waals surface area contributed by atoms with Crippen molar-refractivity contribution in [3.05, 3.63) is 231 Å². The van der Waals surface area contributed by atoms with Crippen LogP contribution in [0.2, 0.25) is 0 Å². The monoisotopic (exact) mass is 886 g/mol. The molecule has 0 aliphatic heterocycles. The molecule has 11 aromatic carbocycles. The van der Waals surface area contributed by atoms with Crippen LogP contribution in [0, 0.1) is 0 Å². The van der Waals surface area contributed by atoms with Gasteiger partial charge in [0.05, 0.1) is 55.2 Å². The summed E-state index contributed by atoms with van der Waals surface area (Å²) in [6.07, 6.45) is 0. The van der Waals surface area contributed by atoms with Crippen molar-refractivity contribution in [2.24, 2.45) is 0 Å². The third-order valence-electron chi connectivity index (χ3n) is 15.8. The lowest BCUT2D eigenvalue weighted by atomic mass is 9.95. The topological polar surface area (TPSA) is 18.7 Å². The standard InChI is InChI=1S/C66H38N4/c1-3-15-41(16-4-1)67-55-23-11-7-19-45(55)51-35-39(27-33-59(51)67)43-29-31-47-53-37-62-54(38-61(53)69-57-25-13-9-21-49(57)63(43)65(47)69)48-32-30-44(64-50-22-10-14-26-58(50)70(62)66(48)64)40-28-34-60-52(36-40)46-20-8-12-24-56(46)68(60)42-17-5-2-6-18-42/h1-38H. The molecule has 0 saturated carbocycles. The van der Waals surface area contributed by atoms with Crippen molar-refractivity contribution in [3.63, 3.8) is 0 Å². The number of rotatable bonds is 4. The van der Waals surface area contributed by atoms with E-state index >= 15 is 0 Å². The van der Waals surface area contributed by atoms with Crippen LogP contribution in [0.3, 0.4) is 0 Å². The number of benzene rings is 11. The molecule has 17 rings (SSSR count). The zero-order chi connectivity index (χ0) is 45.3. The van der Waals surface area contributed by atoms with Crippen LogP contribution in [-0.2, 0) is 0 Å². The van der Waals surface area contributed by atoms with Crippen molar-refractivity contribution < 1.29 is 0 Å². The second-order valence-corrected chi connectivity index (χ2v) is 19.2. The zero-order valence-corrected chi connectivity index (χ0v) is 37.7. The summed E-state index contributed by atoms with van der Waals surface area (Å²) in [5.74, 6) is 0. The Balaban J connectivity index is 0.906. The van der Waals surface area contributed by atoms with Crippen molar-refractivity contribution in [2.75, 3.05) is 0 Å². The highest BCUT2D eigenvalue weighted by molar-refractivity contribution is 6.32. The zero-order valence-electron chi connectivity index (χ0n) is 37.7. The first kappa shape index (κ1) is 36.7. The van der Waals surface area contributed by atoms with Crippen molar-refractivity contribution >= 4 is 120 Å². The minimum atomic E-state index is 1.17. The van der Waals surface area contributed by atoms with Crippen LogP contribution in [0.25, 0.3) is 153 Å². The Bertz CT molecular complexity index is 4720. The summed E-state index contributed by atoms with van der Waals surface area (Å²) in [5, 5.41) is 15.3. The number of para-hydroxylation sites is 6. The van der Waals surface area contributed by atoms with Crippen LogP contribution in [0.4, 0.5) is 0 Å². The fourth-order valence-electron chi connectivity index (χ4n) is 13.0. The molecule has 6 aromatic heterocycles. The molecule has 0 saturated heterocycles. The molecule has 0 amide bonds. The van der Waals surface area contributed by atoms with Gasteiger partial charge in [0.25, 0.3) is 0 Å². The van der Waals surface area contributed by atoms with Gasteiger partial charge in [0, 0.05) is 76.0 Å². The van der Waals surface area contributed by atoms with Crippen molar-refractivity contribution in [1.82, 2.24) is 17.9 Å². The van der Waals surface area contributed by atoms with E-state index in [4.69, 9.17) is 0 Å². The average molecular weight is 887 g/mol. The van der Waals surface area contributed by atoms with Gasteiger partial charge in [0.2, 0.25) is 0 Å². The first-order valence-electron chi connectivity index (χ1n) is 24.3. The van der Waals surface area contributed by atoms with E-state index in [1.54, 1.807) is 0 Å². The Hall–Kier alpha value is -9.38. The molecule has 0 atom stereocenters. The van der Waals surface area contributed by atoms with Gasteiger partial charge in [0.15, 0.2) is 0 Å². The third-order valence-corrected chi connectivity index (χ3v) is 15.8. The lowest BCUT2D eigenvalue weighted by Crippen LogP contribution is -1.92. The van der Waals surface area contributed by atoms with Gasteiger partial charge in [-0.25, -0.2) is 0 Å². The largest absolute Gasteiger partial charge is 0.309 e. The Morgan fingerprint density at radius 3 is 1.01 bits per heavy atom. The van der Waals surface area contributed by atoms with E-state index in [9.17, 15) is 0 Å². The molecule has 322 valence electrons. The summed E-state index contributed by atoms with van der Waals surface area (Å²) in [4.78, 5) is 0. The lowest BCUT2D eigenvalue weighted by Gasteiger charge is -2.09. The molecule has 6 heterocycles. The van der Waals surface area contributed by atoms with Crippen molar-refractivity contribution in [1.29, 1.82) is 0 Å². The smallest absolute Gasteiger partial charge is 0.0626 e. The first-order valence-corrected chi connectivity index (χ1v) is 24.3. The van der Waals surface area contributed by atoms with Crippen molar-refractivity contribution in [2.45, 2.75) is 0 Å². The van der Waals surface area contributed by atoms with Crippen LogP contribution in [-0.4, -0.2) is 17.9 Å². The van der Waals surface area contributed by atoms with Gasteiger partial charge in [-0.3, -0.25) is 0 Å². The summed E-state index contributed by atoms with van der Waals surface area (Å²) >= 11 is 0.